The normalized spacial score (nSPS) is 19.7. The Kier molecular flexibility index (Phi) is 4.67. The second kappa shape index (κ2) is 6.83. The van der Waals surface area contributed by atoms with E-state index in [1.54, 1.807) is 11.3 Å². The maximum atomic E-state index is 13.4. The summed E-state index contributed by atoms with van der Waals surface area (Å²) >= 11 is 3.13. The predicted molar refractivity (Wildman–Crippen MR) is 108 cm³/mol. The molecule has 0 N–H and O–H groups in total. The highest BCUT2D eigenvalue weighted by Gasteiger charge is 2.33. The monoisotopic (exact) mass is 386 g/mol. The summed E-state index contributed by atoms with van der Waals surface area (Å²) in [7, 11) is 0. The third kappa shape index (κ3) is 3.00. The largest absolute Gasteiger partial charge is 0.369 e. The van der Waals surface area contributed by atoms with E-state index in [1.807, 2.05) is 41.2 Å². The molecule has 3 heterocycles. The van der Waals surface area contributed by atoms with E-state index in [9.17, 15) is 4.79 Å². The molecule has 3 aromatic rings. The van der Waals surface area contributed by atoms with E-state index in [0.29, 0.717) is 13.2 Å². The van der Waals surface area contributed by atoms with Crippen molar-refractivity contribution in [2.24, 2.45) is 0 Å². The van der Waals surface area contributed by atoms with Gasteiger partial charge in [-0.05, 0) is 30.7 Å². The van der Waals surface area contributed by atoms with E-state index in [1.165, 1.54) is 11.8 Å². The third-order valence-corrected chi connectivity index (χ3v) is 6.95. The first-order valence-corrected chi connectivity index (χ1v) is 10.9. The Morgan fingerprint density at radius 3 is 2.81 bits per heavy atom. The lowest BCUT2D eigenvalue weighted by Gasteiger charge is -2.32. The Morgan fingerprint density at radius 2 is 2.12 bits per heavy atom. The predicted octanol–water partition coefficient (Wildman–Crippen LogP) is 4.47. The molecule has 0 radical (unpaired) electrons. The van der Waals surface area contributed by atoms with Crippen molar-refractivity contribution in [3.8, 4) is 0 Å². The number of fused-ring (bicyclic) bond motifs is 3. The molecule has 0 saturated heterocycles. The summed E-state index contributed by atoms with van der Waals surface area (Å²) < 4.78 is 7.88. The van der Waals surface area contributed by atoms with Crippen molar-refractivity contribution >= 4 is 33.3 Å². The lowest BCUT2D eigenvalue weighted by Crippen LogP contribution is -2.34. The summed E-state index contributed by atoms with van der Waals surface area (Å²) in [6, 6.07) is 10.1. The molecule has 0 amide bonds. The number of aromatic nitrogens is 2. The standard InChI is InChI=1S/C20H22N2O2S2/c1-4-20(2)10-14-15(12-24-20)26-17-16(14)18(23)22(19(21-17)25-3)11-13-8-6-5-7-9-13/h5-9H,4,10-12H2,1-3H3/t20-/m0/s1. The Balaban J connectivity index is 1.89. The zero-order valence-electron chi connectivity index (χ0n) is 15.2. The smallest absolute Gasteiger partial charge is 0.263 e. The van der Waals surface area contributed by atoms with Gasteiger partial charge in [0.25, 0.3) is 5.56 Å². The minimum absolute atomic E-state index is 0.0704. The number of hydrogen-bond acceptors (Lipinski definition) is 5. The van der Waals surface area contributed by atoms with Gasteiger partial charge in [0.1, 0.15) is 4.83 Å². The van der Waals surface area contributed by atoms with E-state index in [4.69, 9.17) is 9.72 Å². The maximum absolute atomic E-state index is 13.4. The van der Waals surface area contributed by atoms with E-state index in [0.717, 1.165) is 44.2 Å². The minimum Gasteiger partial charge on any atom is -0.369 e. The van der Waals surface area contributed by atoms with Crippen molar-refractivity contribution in [3.05, 3.63) is 56.7 Å². The van der Waals surface area contributed by atoms with Crippen molar-refractivity contribution in [2.45, 2.75) is 50.6 Å². The Morgan fingerprint density at radius 1 is 1.35 bits per heavy atom. The first-order chi connectivity index (χ1) is 12.5. The van der Waals surface area contributed by atoms with Crippen LogP contribution in [0.2, 0.25) is 0 Å². The highest BCUT2D eigenvalue weighted by Crippen LogP contribution is 2.38. The maximum Gasteiger partial charge on any atom is 0.263 e. The molecule has 6 heteroatoms. The molecule has 136 valence electrons. The molecule has 0 unspecified atom stereocenters. The fourth-order valence-corrected chi connectivity index (χ4v) is 5.12. The molecular formula is C20H22N2O2S2. The van der Waals surface area contributed by atoms with Crippen molar-refractivity contribution in [1.82, 2.24) is 9.55 Å². The van der Waals surface area contributed by atoms with Gasteiger partial charge in [0, 0.05) is 11.3 Å². The molecule has 2 aromatic heterocycles. The topological polar surface area (TPSA) is 44.1 Å². The van der Waals surface area contributed by atoms with Gasteiger partial charge in [-0.25, -0.2) is 4.98 Å². The van der Waals surface area contributed by atoms with E-state index >= 15 is 0 Å². The molecule has 0 fully saturated rings. The molecular weight excluding hydrogens is 364 g/mol. The van der Waals surface area contributed by atoms with Crippen LogP contribution in [0.15, 0.2) is 40.3 Å². The van der Waals surface area contributed by atoms with Gasteiger partial charge < -0.3 is 4.74 Å². The number of hydrogen-bond donors (Lipinski definition) is 0. The second-order valence-electron chi connectivity index (χ2n) is 6.93. The average molecular weight is 387 g/mol. The summed E-state index contributed by atoms with van der Waals surface area (Å²) in [6.45, 7) is 5.39. The van der Waals surface area contributed by atoms with Crippen LogP contribution >= 0.6 is 23.1 Å². The van der Waals surface area contributed by atoms with Crippen molar-refractivity contribution in [3.63, 3.8) is 0 Å². The summed E-state index contributed by atoms with van der Waals surface area (Å²) in [5.74, 6) is 0. The average Bonchev–Trinajstić information content (AvgIpc) is 3.02. The summed E-state index contributed by atoms with van der Waals surface area (Å²) in [4.78, 5) is 20.2. The number of benzene rings is 1. The van der Waals surface area contributed by atoms with Crippen LogP contribution in [0, 0.1) is 0 Å². The number of rotatable bonds is 4. The number of ether oxygens (including phenoxy) is 1. The van der Waals surface area contributed by atoms with Gasteiger partial charge in [-0.15, -0.1) is 11.3 Å². The lowest BCUT2D eigenvalue weighted by molar-refractivity contribution is -0.0543. The zero-order chi connectivity index (χ0) is 18.3. The van der Waals surface area contributed by atoms with Gasteiger partial charge in [-0.1, -0.05) is 49.0 Å². The zero-order valence-corrected chi connectivity index (χ0v) is 16.9. The van der Waals surface area contributed by atoms with Gasteiger partial charge in [-0.3, -0.25) is 9.36 Å². The summed E-state index contributed by atoms with van der Waals surface area (Å²) in [5.41, 5.74) is 2.13. The van der Waals surface area contributed by atoms with Gasteiger partial charge in [0.15, 0.2) is 5.16 Å². The Labute approximate surface area is 161 Å². The van der Waals surface area contributed by atoms with Crippen LogP contribution in [0.5, 0.6) is 0 Å². The number of thiophene rings is 1. The van der Waals surface area contributed by atoms with E-state index < -0.39 is 0 Å². The van der Waals surface area contributed by atoms with Crippen LogP contribution in [0.4, 0.5) is 0 Å². The highest BCUT2D eigenvalue weighted by molar-refractivity contribution is 7.98. The van der Waals surface area contributed by atoms with Gasteiger partial charge in [0.2, 0.25) is 0 Å². The molecule has 0 spiro atoms. The molecule has 26 heavy (non-hydrogen) atoms. The Bertz CT molecular complexity index is 1010. The van der Waals surface area contributed by atoms with Gasteiger partial charge in [-0.2, -0.15) is 0 Å². The van der Waals surface area contributed by atoms with Gasteiger partial charge >= 0.3 is 0 Å². The van der Waals surface area contributed by atoms with E-state index in [-0.39, 0.29) is 11.2 Å². The molecule has 0 aliphatic carbocycles. The first-order valence-electron chi connectivity index (χ1n) is 8.81. The lowest BCUT2D eigenvalue weighted by atomic mass is 9.90. The quantitative estimate of drug-likeness (QED) is 0.490. The fraction of sp³-hybridized carbons (Fsp3) is 0.400. The van der Waals surface area contributed by atoms with Crippen LogP contribution in [-0.4, -0.2) is 21.4 Å². The SMILES string of the molecule is CC[C@@]1(C)Cc2c(sc3nc(SC)n(Cc4ccccc4)c(=O)c23)CO1. The summed E-state index contributed by atoms with van der Waals surface area (Å²) in [6.07, 6.45) is 3.68. The second-order valence-corrected chi connectivity index (χ2v) is 8.79. The van der Waals surface area contributed by atoms with E-state index in [2.05, 4.69) is 13.8 Å². The van der Waals surface area contributed by atoms with Crippen LogP contribution in [0.3, 0.4) is 0 Å². The molecule has 1 aliphatic heterocycles. The number of nitrogens with zero attached hydrogens (tertiary/aromatic N) is 2. The third-order valence-electron chi connectivity index (χ3n) is 5.18. The van der Waals surface area contributed by atoms with Crippen LogP contribution in [0.1, 0.15) is 36.3 Å². The molecule has 1 atom stereocenters. The fourth-order valence-electron chi connectivity index (χ4n) is 3.42. The molecule has 0 bridgehead atoms. The minimum atomic E-state index is -0.199. The van der Waals surface area contributed by atoms with Gasteiger partial charge in [0.05, 0.1) is 24.1 Å². The number of thioether (sulfide) groups is 1. The van der Waals surface area contributed by atoms with Crippen LogP contribution in [0.25, 0.3) is 10.2 Å². The molecule has 4 rings (SSSR count). The summed E-state index contributed by atoms with van der Waals surface area (Å²) in [5, 5.41) is 1.56. The molecule has 1 aliphatic rings. The molecule has 4 nitrogen and oxygen atoms in total. The van der Waals surface area contributed by atoms with Crippen LogP contribution in [-0.2, 0) is 24.3 Å². The molecule has 0 saturated carbocycles. The van der Waals surface area contributed by atoms with Crippen molar-refractivity contribution in [2.75, 3.05) is 6.26 Å². The Hall–Kier alpha value is -1.63. The van der Waals surface area contributed by atoms with Crippen LogP contribution < -0.4 is 5.56 Å². The van der Waals surface area contributed by atoms with Crippen molar-refractivity contribution in [1.29, 1.82) is 0 Å². The molecule has 1 aromatic carbocycles. The highest BCUT2D eigenvalue weighted by atomic mass is 32.2. The first kappa shape index (κ1) is 17.8. The van der Waals surface area contributed by atoms with Crippen molar-refractivity contribution < 1.29 is 4.74 Å².